The standard InChI is InChI=1S/C14H16BrNOS/c1-4-14(2,3)10-5-7-11(8-6-10)17-13-16-12(15)9-18-13/h5-9H,4H2,1-3H3. The van der Waals surface area contributed by atoms with Crippen LogP contribution in [0.15, 0.2) is 34.2 Å². The zero-order valence-corrected chi connectivity index (χ0v) is 13.1. The lowest BCUT2D eigenvalue weighted by molar-refractivity contribution is 0.474. The molecule has 2 nitrogen and oxygen atoms in total. The van der Waals surface area contributed by atoms with Crippen molar-refractivity contribution in [2.45, 2.75) is 32.6 Å². The molecule has 0 atom stereocenters. The zero-order valence-electron chi connectivity index (χ0n) is 10.7. The highest BCUT2D eigenvalue weighted by atomic mass is 79.9. The van der Waals surface area contributed by atoms with Crippen LogP contribution in [-0.4, -0.2) is 4.98 Å². The lowest BCUT2D eigenvalue weighted by atomic mass is 9.82. The van der Waals surface area contributed by atoms with Gasteiger partial charge in [-0.25, -0.2) is 0 Å². The molecule has 4 heteroatoms. The summed E-state index contributed by atoms with van der Waals surface area (Å²) in [7, 11) is 0. The van der Waals surface area contributed by atoms with Gasteiger partial charge in [0.1, 0.15) is 10.4 Å². The van der Waals surface area contributed by atoms with Gasteiger partial charge in [-0.2, -0.15) is 4.98 Å². The number of ether oxygens (including phenoxy) is 1. The van der Waals surface area contributed by atoms with Crippen molar-refractivity contribution in [2.24, 2.45) is 0 Å². The van der Waals surface area contributed by atoms with Crippen LogP contribution in [0.3, 0.4) is 0 Å². The van der Waals surface area contributed by atoms with Gasteiger partial charge in [-0.1, -0.05) is 44.2 Å². The molecule has 0 amide bonds. The number of rotatable bonds is 4. The Morgan fingerprint density at radius 3 is 2.44 bits per heavy atom. The summed E-state index contributed by atoms with van der Waals surface area (Å²) in [5, 5.41) is 2.56. The van der Waals surface area contributed by atoms with Gasteiger partial charge in [0, 0.05) is 5.38 Å². The summed E-state index contributed by atoms with van der Waals surface area (Å²) in [5.41, 5.74) is 1.54. The highest BCUT2D eigenvalue weighted by Gasteiger charge is 2.17. The van der Waals surface area contributed by atoms with Crippen molar-refractivity contribution in [3.63, 3.8) is 0 Å². The summed E-state index contributed by atoms with van der Waals surface area (Å²) in [6.45, 7) is 6.71. The zero-order chi connectivity index (χ0) is 13.2. The van der Waals surface area contributed by atoms with E-state index in [9.17, 15) is 0 Å². The quantitative estimate of drug-likeness (QED) is 0.752. The minimum Gasteiger partial charge on any atom is -0.431 e. The molecular formula is C14H16BrNOS. The molecule has 0 N–H and O–H groups in total. The Morgan fingerprint density at radius 2 is 1.94 bits per heavy atom. The molecule has 2 rings (SSSR count). The van der Waals surface area contributed by atoms with E-state index in [1.807, 2.05) is 17.5 Å². The first-order valence-corrected chi connectivity index (χ1v) is 7.58. The number of hydrogen-bond donors (Lipinski definition) is 0. The largest absolute Gasteiger partial charge is 0.431 e. The monoisotopic (exact) mass is 325 g/mol. The first-order valence-electron chi connectivity index (χ1n) is 5.90. The third-order valence-electron chi connectivity index (χ3n) is 3.18. The van der Waals surface area contributed by atoms with Gasteiger partial charge in [0.05, 0.1) is 0 Å². The molecule has 2 aromatic rings. The maximum atomic E-state index is 5.68. The Morgan fingerprint density at radius 1 is 1.28 bits per heavy atom. The van der Waals surface area contributed by atoms with Crippen LogP contribution in [0.1, 0.15) is 32.8 Å². The first-order chi connectivity index (χ1) is 8.51. The summed E-state index contributed by atoms with van der Waals surface area (Å²) in [6, 6.07) is 8.26. The van der Waals surface area contributed by atoms with E-state index in [0.717, 1.165) is 16.8 Å². The van der Waals surface area contributed by atoms with Crippen molar-refractivity contribution in [2.75, 3.05) is 0 Å². The van der Waals surface area contributed by atoms with Crippen LogP contribution < -0.4 is 4.74 Å². The molecule has 0 aliphatic heterocycles. The molecule has 0 unspecified atom stereocenters. The third kappa shape index (κ3) is 3.12. The lowest BCUT2D eigenvalue weighted by Crippen LogP contribution is -2.14. The minimum absolute atomic E-state index is 0.211. The molecule has 0 fully saturated rings. The number of nitrogens with zero attached hydrogens (tertiary/aromatic N) is 1. The van der Waals surface area contributed by atoms with Gasteiger partial charge in [0.25, 0.3) is 5.19 Å². The van der Waals surface area contributed by atoms with Gasteiger partial charge in [0.15, 0.2) is 0 Å². The number of hydrogen-bond acceptors (Lipinski definition) is 3. The summed E-state index contributed by atoms with van der Waals surface area (Å²) in [4.78, 5) is 4.21. The van der Waals surface area contributed by atoms with Crippen molar-refractivity contribution in [3.8, 4) is 10.9 Å². The fourth-order valence-corrected chi connectivity index (χ4v) is 2.67. The van der Waals surface area contributed by atoms with Crippen molar-refractivity contribution in [3.05, 3.63) is 39.8 Å². The van der Waals surface area contributed by atoms with E-state index in [1.165, 1.54) is 16.9 Å². The Kier molecular flexibility index (Phi) is 4.07. The highest BCUT2D eigenvalue weighted by Crippen LogP contribution is 2.31. The van der Waals surface area contributed by atoms with E-state index in [2.05, 4.69) is 53.8 Å². The predicted molar refractivity (Wildman–Crippen MR) is 79.6 cm³/mol. The van der Waals surface area contributed by atoms with Crippen molar-refractivity contribution >= 4 is 27.3 Å². The van der Waals surface area contributed by atoms with E-state index in [-0.39, 0.29) is 5.41 Å². The van der Waals surface area contributed by atoms with Crippen LogP contribution in [-0.2, 0) is 5.41 Å². The smallest absolute Gasteiger partial charge is 0.279 e. The molecular weight excluding hydrogens is 310 g/mol. The Labute approximate surface area is 120 Å². The van der Waals surface area contributed by atoms with Crippen molar-refractivity contribution < 1.29 is 4.74 Å². The molecule has 0 radical (unpaired) electrons. The molecule has 0 saturated carbocycles. The second kappa shape index (κ2) is 5.41. The summed E-state index contributed by atoms with van der Waals surface area (Å²) >= 11 is 4.79. The van der Waals surface area contributed by atoms with E-state index in [4.69, 9.17) is 4.74 Å². The van der Waals surface area contributed by atoms with Crippen LogP contribution in [0.5, 0.6) is 10.9 Å². The van der Waals surface area contributed by atoms with Crippen molar-refractivity contribution in [1.29, 1.82) is 0 Å². The van der Waals surface area contributed by atoms with E-state index in [1.54, 1.807) is 0 Å². The Hall–Kier alpha value is -0.870. The fourth-order valence-electron chi connectivity index (χ4n) is 1.56. The molecule has 0 aliphatic carbocycles. The fraction of sp³-hybridized carbons (Fsp3) is 0.357. The summed E-state index contributed by atoms with van der Waals surface area (Å²) in [6.07, 6.45) is 1.12. The highest BCUT2D eigenvalue weighted by molar-refractivity contribution is 9.10. The Bertz CT molecular complexity index is 519. The molecule has 0 saturated heterocycles. The lowest BCUT2D eigenvalue weighted by Gasteiger charge is -2.23. The van der Waals surface area contributed by atoms with Gasteiger partial charge in [-0.15, -0.1) is 0 Å². The molecule has 96 valence electrons. The van der Waals surface area contributed by atoms with Crippen LogP contribution in [0.2, 0.25) is 0 Å². The maximum Gasteiger partial charge on any atom is 0.279 e. The first kappa shape index (κ1) is 13.6. The average Bonchev–Trinajstić information content (AvgIpc) is 2.75. The summed E-state index contributed by atoms with van der Waals surface area (Å²) in [5.74, 6) is 0.826. The predicted octanol–water partition coefficient (Wildman–Crippen LogP) is 5.39. The second-order valence-electron chi connectivity index (χ2n) is 4.80. The molecule has 0 spiro atoms. The van der Waals surface area contributed by atoms with Crippen LogP contribution in [0.4, 0.5) is 0 Å². The van der Waals surface area contributed by atoms with E-state index < -0.39 is 0 Å². The normalized spacial score (nSPS) is 11.6. The van der Waals surface area contributed by atoms with E-state index in [0.29, 0.717) is 5.19 Å². The SMILES string of the molecule is CCC(C)(C)c1ccc(Oc2nc(Br)cs2)cc1. The number of aromatic nitrogens is 1. The van der Waals surface area contributed by atoms with Gasteiger partial charge >= 0.3 is 0 Å². The van der Waals surface area contributed by atoms with E-state index >= 15 is 0 Å². The number of benzene rings is 1. The molecule has 1 heterocycles. The topological polar surface area (TPSA) is 22.1 Å². The average molecular weight is 326 g/mol. The van der Waals surface area contributed by atoms with Gasteiger partial charge in [-0.3, -0.25) is 0 Å². The van der Waals surface area contributed by atoms with Crippen LogP contribution >= 0.6 is 27.3 Å². The van der Waals surface area contributed by atoms with Gasteiger partial charge in [0.2, 0.25) is 0 Å². The molecule has 18 heavy (non-hydrogen) atoms. The molecule has 0 bridgehead atoms. The van der Waals surface area contributed by atoms with Crippen LogP contribution in [0.25, 0.3) is 0 Å². The number of thiazole rings is 1. The Balaban J connectivity index is 2.13. The molecule has 1 aromatic heterocycles. The minimum atomic E-state index is 0.211. The maximum absolute atomic E-state index is 5.68. The van der Waals surface area contributed by atoms with Crippen molar-refractivity contribution in [1.82, 2.24) is 4.98 Å². The van der Waals surface area contributed by atoms with Gasteiger partial charge in [-0.05, 0) is 45.5 Å². The van der Waals surface area contributed by atoms with Gasteiger partial charge < -0.3 is 4.74 Å². The number of halogens is 1. The second-order valence-corrected chi connectivity index (χ2v) is 6.43. The molecule has 0 aliphatic rings. The molecule has 1 aromatic carbocycles. The third-order valence-corrected chi connectivity index (χ3v) is 4.61. The summed E-state index contributed by atoms with van der Waals surface area (Å²) < 4.78 is 6.49. The van der Waals surface area contributed by atoms with Crippen LogP contribution in [0, 0.1) is 0 Å².